The molecule has 1 aromatic heterocycles. The van der Waals surface area contributed by atoms with E-state index in [2.05, 4.69) is 0 Å². The van der Waals surface area contributed by atoms with Gasteiger partial charge in [-0.25, -0.2) is 4.79 Å². The summed E-state index contributed by atoms with van der Waals surface area (Å²) in [6.45, 7) is 3.74. The van der Waals surface area contributed by atoms with Gasteiger partial charge in [-0.3, -0.25) is 13.9 Å². The Morgan fingerprint density at radius 2 is 1.73 bits per heavy atom. The van der Waals surface area contributed by atoms with Crippen LogP contribution in [-0.2, 0) is 13.1 Å². The lowest BCUT2D eigenvalue weighted by molar-refractivity contribution is 0.297. The molecule has 6 heteroatoms. The Bertz CT molecular complexity index is 1080. The van der Waals surface area contributed by atoms with E-state index < -0.39 is 0 Å². The van der Waals surface area contributed by atoms with Crippen molar-refractivity contribution in [2.45, 2.75) is 26.4 Å². The molecule has 1 aliphatic heterocycles. The number of aromatic nitrogens is 2. The second kappa shape index (κ2) is 6.71. The summed E-state index contributed by atoms with van der Waals surface area (Å²) in [6, 6.07) is 12.9. The number of hydrogen-bond acceptors (Lipinski definition) is 4. The van der Waals surface area contributed by atoms with Gasteiger partial charge in [0.1, 0.15) is 0 Å². The van der Waals surface area contributed by atoms with Crippen molar-refractivity contribution in [1.82, 2.24) is 9.13 Å². The lowest BCUT2D eigenvalue weighted by Crippen LogP contribution is -2.39. The first-order chi connectivity index (χ1) is 12.7. The van der Waals surface area contributed by atoms with Crippen molar-refractivity contribution in [1.29, 1.82) is 0 Å². The molecular formula is C20H20N2O4. The van der Waals surface area contributed by atoms with Crippen LogP contribution in [-0.4, -0.2) is 22.3 Å². The predicted molar refractivity (Wildman–Crippen MR) is 99.3 cm³/mol. The molecule has 0 bridgehead atoms. The van der Waals surface area contributed by atoms with Crippen LogP contribution in [0.1, 0.15) is 18.9 Å². The Labute approximate surface area is 150 Å². The third-order valence-electron chi connectivity index (χ3n) is 4.60. The van der Waals surface area contributed by atoms with Crippen LogP contribution >= 0.6 is 0 Å². The molecule has 0 saturated heterocycles. The molecule has 0 radical (unpaired) electrons. The average molecular weight is 352 g/mol. The molecule has 26 heavy (non-hydrogen) atoms. The summed E-state index contributed by atoms with van der Waals surface area (Å²) >= 11 is 0. The molecular weight excluding hydrogens is 332 g/mol. The Kier molecular flexibility index (Phi) is 4.24. The summed E-state index contributed by atoms with van der Waals surface area (Å²) in [5, 5.41) is 0.545. The van der Waals surface area contributed by atoms with E-state index in [-0.39, 0.29) is 11.2 Å². The number of benzene rings is 2. The van der Waals surface area contributed by atoms with Gasteiger partial charge in [-0.2, -0.15) is 0 Å². The van der Waals surface area contributed by atoms with Crippen molar-refractivity contribution in [3.8, 4) is 11.5 Å². The van der Waals surface area contributed by atoms with Crippen LogP contribution in [0.4, 0.5) is 0 Å². The smallest absolute Gasteiger partial charge is 0.331 e. The van der Waals surface area contributed by atoms with Gasteiger partial charge in [-0.05, 0) is 36.8 Å². The summed E-state index contributed by atoms with van der Waals surface area (Å²) in [5.74, 6) is 1.42. The topological polar surface area (TPSA) is 62.5 Å². The first-order valence-electron chi connectivity index (χ1n) is 8.80. The van der Waals surface area contributed by atoms with Gasteiger partial charge in [0, 0.05) is 13.0 Å². The van der Waals surface area contributed by atoms with Crippen LogP contribution in [0.2, 0.25) is 0 Å². The molecule has 0 aliphatic carbocycles. The number of ether oxygens (including phenoxy) is 2. The van der Waals surface area contributed by atoms with Crippen LogP contribution in [0.5, 0.6) is 11.5 Å². The van der Waals surface area contributed by atoms with Gasteiger partial charge in [-0.15, -0.1) is 0 Å². The summed E-state index contributed by atoms with van der Waals surface area (Å²) in [7, 11) is 0. The predicted octanol–water partition coefficient (Wildman–Crippen LogP) is 2.39. The average Bonchev–Trinajstić information content (AvgIpc) is 2.90. The number of nitrogens with zero attached hydrogens (tertiary/aromatic N) is 2. The van der Waals surface area contributed by atoms with Gasteiger partial charge in [0.25, 0.3) is 5.56 Å². The Morgan fingerprint density at radius 3 is 2.54 bits per heavy atom. The van der Waals surface area contributed by atoms with Gasteiger partial charge in [0.15, 0.2) is 11.5 Å². The second-order valence-electron chi connectivity index (χ2n) is 6.27. The van der Waals surface area contributed by atoms with Crippen molar-refractivity contribution in [2.75, 3.05) is 13.2 Å². The summed E-state index contributed by atoms with van der Waals surface area (Å²) in [4.78, 5) is 25.4. The normalized spacial score (nSPS) is 13.6. The zero-order valence-corrected chi connectivity index (χ0v) is 14.6. The zero-order valence-electron chi connectivity index (χ0n) is 14.6. The van der Waals surface area contributed by atoms with E-state index in [9.17, 15) is 9.59 Å². The molecule has 2 aromatic carbocycles. The first-order valence-corrected chi connectivity index (χ1v) is 8.80. The van der Waals surface area contributed by atoms with E-state index in [4.69, 9.17) is 9.47 Å². The van der Waals surface area contributed by atoms with Crippen LogP contribution in [0, 0.1) is 0 Å². The van der Waals surface area contributed by atoms with Crippen LogP contribution in [0.25, 0.3) is 10.9 Å². The lowest BCUT2D eigenvalue weighted by atomic mass is 10.1. The van der Waals surface area contributed by atoms with Gasteiger partial charge < -0.3 is 9.47 Å². The van der Waals surface area contributed by atoms with Gasteiger partial charge in [-0.1, -0.05) is 18.2 Å². The number of rotatable bonds is 3. The molecule has 6 nitrogen and oxygen atoms in total. The summed E-state index contributed by atoms with van der Waals surface area (Å²) in [6.07, 6.45) is 0.843. The van der Waals surface area contributed by atoms with E-state index in [1.165, 1.54) is 4.57 Å². The minimum absolute atomic E-state index is 0.247. The summed E-state index contributed by atoms with van der Waals surface area (Å²) < 4.78 is 14.3. The fraction of sp³-hybridized carbons (Fsp3) is 0.300. The van der Waals surface area contributed by atoms with E-state index in [1.807, 2.05) is 30.3 Å². The van der Waals surface area contributed by atoms with Gasteiger partial charge in [0.05, 0.1) is 30.7 Å². The highest BCUT2D eigenvalue weighted by Gasteiger charge is 2.14. The van der Waals surface area contributed by atoms with Crippen molar-refractivity contribution in [3.05, 3.63) is 68.9 Å². The third-order valence-corrected chi connectivity index (χ3v) is 4.60. The highest BCUT2D eigenvalue weighted by atomic mass is 16.5. The Morgan fingerprint density at radius 1 is 0.962 bits per heavy atom. The van der Waals surface area contributed by atoms with E-state index >= 15 is 0 Å². The van der Waals surface area contributed by atoms with Crippen molar-refractivity contribution in [3.63, 3.8) is 0 Å². The fourth-order valence-electron chi connectivity index (χ4n) is 3.29. The molecule has 0 amide bonds. The molecule has 0 saturated carbocycles. The van der Waals surface area contributed by atoms with Crippen molar-refractivity contribution in [2.24, 2.45) is 0 Å². The van der Waals surface area contributed by atoms with E-state index in [1.54, 1.807) is 23.6 Å². The molecule has 2 heterocycles. The molecule has 0 fully saturated rings. The highest BCUT2D eigenvalue weighted by molar-refractivity contribution is 5.77. The first kappa shape index (κ1) is 16.4. The number of para-hydroxylation sites is 1. The molecule has 0 N–H and O–H groups in total. The maximum absolute atomic E-state index is 12.9. The van der Waals surface area contributed by atoms with Crippen LogP contribution in [0.15, 0.2) is 52.1 Å². The van der Waals surface area contributed by atoms with E-state index in [0.717, 1.165) is 17.7 Å². The molecule has 4 rings (SSSR count). The van der Waals surface area contributed by atoms with E-state index in [0.29, 0.717) is 43.0 Å². The molecule has 3 aromatic rings. The Hall–Kier alpha value is -3.02. The second-order valence-corrected chi connectivity index (χ2v) is 6.27. The maximum atomic E-state index is 12.9. The molecule has 0 spiro atoms. The summed E-state index contributed by atoms with van der Waals surface area (Å²) in [5.41, 5.74) is 1.01. The third kappa shape index (κ3) is 2.77. The largest absolute Gasteiger partial charge is 0.490 e. The van der Waals surface area contributed by atoms with Crippen LogP contribution < -0.4 is 20.7 Å². The van der Waals surface area contributed by atoms with Gasteiger partial charge >= 0.3 is 5.69 Å². The molecule has 0 atom stereocenters. The Balaban J connectivity index is 1.84. The number of hydrogen-bond donors (Lipinski definition) is 0. The molecule has 0 unspecified atom stereocenters. The lowest BCUT2D eigenvalue weighted by Gasteiger charge is -2.14. The quantitative estimate of drug-likeness (QED) is 0.726. The van der Waals surface area contributed by atoms with Crippen LogP contribution in [0.3, 0.4) is 0 Å². The molecule has 134 valence electrons. The zero-order chi connectivity index (χ0) is 18.1. The fourth-order valence-corrected chi connectivity index (χ4v) is 3.29. The minimum atomic E-state index is -0.302. The molecule has 1 aliphatic rings. The SMILES string of the molecule is CCn1c(=O)c2ccccc2n(Cc2ccc3c(c2)OCCCO3)c1=O. The highest BCUT2D eigenvalue weighted by Crippen LogP contribution is 2.30. The monoisotopic (exact) mass is 352 g/mol. The minimum Gasteiger partial charge on any atom is -0.490 e. The van der Waals surface area contributed by atoms with Crippen molar-refractivity contribution >= 4 is 10.9 Å². The standard InChI is InChI=1S/C20H20N2O4/c1-2-21-19(23)15-6-3-4-7-16(15)22(20(21)24)13-14-8-9-17-18(12-14)26-11-5-10-25-17/h3-4,6-9,12H,2,5,10-11,13H2,1H3. The van der Waals surface area contributed by atoms with Gasteiger partial charge in [0.2, 0.25) is 0 Å². The van der Waals surface area contributed by atoms with Crippen molar-refractivity contribution < 1.29 is 9.47 Å². The number of fused-ring (bicyclic) bond motifs is 2. The maximum Gasteiger partial charge on any atom is 0.331 e.